The van der Waals surface area contributed by atoms with Gasteiger partial charge in [0, 0.05) is 19.3 Å². The van der Waals surface area contributed by atoms with Gasteiger partial charge in [-0.05, 0) is 36.1 Å². The van der Waals surface area contributed by atoms with E-state index < -0.39 is 0 Å². The van der Waals surface area contributed by atoms with E-state index in [1.165, 1.54) is 16.8 Å². The first kappa shape index (κ1) is 12.2. The Bertz CT molecular complexity index is 537. The molecule has 19 heavy (non-hydrogen) atoms. The summed E-state index contributed by atoms with van der Waals surface area (Å²) < 4.78 is 0. The van der Waals surface area contributed by atoms with Crippen molar-refractivity contribution >= 4 is 5.69 Å². The van der Waals surface area contributed by atoms with E-state index in [0.29, 0.717) is 6.54 Å². The number of para-hydroxylation sites is 1. The van der Waals surface area contributed by atoms with Gasteiger partial charge >= 0.3 is 0 Å². The Morgan fingerprint density at radius 3 is 2.00 bits per heavy atom. The van der Waals surface area contributed by atoms with Crippen LogP contribution in [-0.4, -0.2) is 19.1 Å². The minimum Gasteiger partial charge on any atom is -0.367 e. The molecule has 3 rings (SSSR count). The van der Waals surface area contributed by atoms with Crippen molar-refractivity contribution in [3.63, 3.8) is 0 Å². The van der Waals surface area contributed by atoms with Gasteiger partial charge in [-0.2, -0.15) is 0 Å². The highest BCUT2D eigenvalue weighted by Crippen LogP contribution is 2.35. The lowest BCUT2D eigenvalue weighted by Gasteiger charge is -2.39. The molecule has 0 bridgehead atoms. The van der Waals surface area contributed by atoms with Crippen LogP contribution in [0.2, 0.25) is 0 Å². The van der Waals surface area contributed by atoms with E-state index in [2.05, 4.69) is 66.5 Å². The molecule has 1 aliphatic carbocycles. The Labute approximate surface area is 114 Å². The highest BCUT2D eigenvalue weighted by Gasteiger charge is 2.39. The zero-order valence-electron chi connectivity index (χ0n) is 11.3. The molecular formula is C17H20N2. The second-order valence-electron chi connectivity index (χ2n) is 5.45. The molecule has 0 aliphatic heterocycles. The molecule has 0 unspecified atom stereocenters. The maximum atomic E-state index is 6.14. The number of rotatable bonds is 3. The van der Waals surface area contributed by atoms with Crippen molar-refractivity contribution in [3.05, 3.63) is 65.7 Å². The molecule has 1 aliphatic rings. The summed E-state index contributed by atoms with van der Waals surface area (Å²) in [5, 5.41) is 0. The molecule has 98 valence electrons. The topological polar surface area (TPSA) is 29.3 Å². The van der Waals surface area contributed by atoms with Crippen LogP contribution in [0.15, 0.2) is 54.6 Å². The SMILES string of the molecule is CN(c1ccccc1)C1(CN)Cc2ccccc2C1. The van der Waals surface area contributed by atoms with Crippen LogP contribution in [0.5, 0.6) is 0 Å². The van der Waals surface area contributed by atoms with Crippen LogP contribution in [0.3, 0.4) is 0 Å². The van der Waals surface area contributed by atoms with Crippen molar-refractivity contribution in [1.29, 1.82) is 0 Å². The average molecular weight is 252 g/mol. The molecule has 2 aromatic carbocycles. The van der Waals surface area contributed by atoms with Gasteiger partial charge in [-0.1, -0.05) is 42.5 Å². The summed E-state index contributed by atoms with van der Waals surface area (Å²) in [5.74, 6) is 0. The van der Waals surface area contributed by atoms with Crippen LogP contribution >= 0.6 is 0 Å². The maximum Gasteiger partial charge on any atom is 0.0601 e. The van der Waals surface area contributed by atoms with Gasteiger partial charge in [-0.15, -0.1) is 0 Å². The normalized spacial score (nSPS) is 16.1. The van der Waals surface area contributed by atoms with Gasteiger partial charge in [0.15, 0.2) is 0 Å². The van der Waals surface area contributed by atoms with Crippen LogP contribution in [0.1, 0.15) is 11.1 Å². The number of anilines is 1. The Kier molecular flexibility index (Phi) is 3.03. The summed E-state index contributed by atoms with van der Waals surface area (Å²) in [5.41, 5.74) is 10.3. The van der Waals surface area contributed by atoms with Gasteiger partial charge in [0.2, 0.25) is 0 Å². The predicted molar refractivity (Wildman–Crippen MR) is 80.5 cm³/mol. The van der Waals surface area contributed by atoms with Crippen LogP contribution in [0.25, 0.3) is 0 Å². The van der Waals surface area contributed by atoms with Crippen LogP contribution in [-0.2, 0) is 12.8 Å². The maximum absolute atomic E-state index is 6.14. The Hall–Kier alpha value is -1.80. The number of nitrogens with two attached hydrogens (primary N) is 1. The highest BCUT2D eigenvalue weighted by molar-refractivity contribution is 5.52. The molecular weight excluding hydrogens is 232 g/mol. The fourth-order valence-corrected chi connectivity index (χ4v) is 3.12. The minimum atomic E-state index is 0.0189. The molecule has 0 fully saturated rings. The molecule has 0 radical (unpaired) electrons. The molecule has 0 atom stereocenters. The smallest absolute Gasteiger partial charge is 0.0601 e. The van der Waals surface area contributed by atoms with E-state index in [1.54, 1.807) is 0 Å². The molecule has 0 aromatic heterocycles. The summed E-state index contributed by atoms with van der Waals surface area (Å²) in [6.45, 7) is 0.674. The molecule has 0 saturated carbocycles. The third-order valence-electron chi connectivity index (χ3n) is 4.39. The zero-order valence-corrected chi connectivity index (χ0v) is 11.3. The van der Waals surface area contributed by atoms with Gasteiger partial charge < -0.3 is 10.6 Å². The third kappa shape index (κ3) is 2.02. The van der Waals surface area contributed by atoms with E-state index in [9.17, 15) is 0 Å². The van der Waals surface area contributed by atoms with E-state index in [4.69, 9.17) is 5.73 Å². The third-order valence-corrected chi connectivity index (χ3v) is 4.39. The molecule has 2 heteroatoms. The van der Waals surface area contributed by atoms with Crippen LogP contribution in [0.4, 0.5) is 5.69 Å². The number of benzene rings is 2. The van der Waals surface area contributed by atoms with Gasteiger partial charge in [0.05, 0.1) is 5.54 Å². The molecule has 0 saturated heterocycles. The molecule has 0 spiro atoms. The number of fused-ring (bicyclic) bond motifs is 1. The molecule has 2 aromatic rings. The Morgan fingerprint density at radius 1 is 0.947 bits per heavy atom. The van der Waals surface area contributed by atoms with E-state index in [0.717, 1.165) is 12.8 Å². The Morgan fingerprint density at radius 2 is 1.47 bits per heavy atom. The molecule has 0 amide bonds. The monoisotopic (exact) mass is 252 g/mol. The summed E-state index contributed by atoms with van der Waals surface area (Å²) >= 11 is 0. The number of nitrogens with zero attached hydrogens (tertiary/aromatic N) is 1. The van der Waals surface area contributed by atoms with Crippen molar-refractivity contribution < 1.29 is 0 Å². The van der Waals surface area contributed by atoms with Crippen molar-refractivity contribution in [2.24, 2.45) is 5.73 Å². The first-order chi connectivity index (χ1) is 9.25. The van der Waals surface area contributed by atoms with Crippen LogP contribution < -0.4 is 10.6 Å². The lowest BCUT2D eigenvalue weighted by atomic mass is 9.93. The lowest BCUT2D eigenvalue weighted by Crippen LogP contribution is -2.53. The largest absolute Gasteiger partial charge is 0.367 e. The predicted octanol–water partition coefficient (Wildman–Crippen LogP) is 2.62. The average Bonchev–Trinajstić information content (AvgIpc) is 2.87. The number of hydrogen-bond acceptors (Lipinski definition) is 2. The minimum absolute atomic E-state index is 0.0189. The van der Waals surface area contributed by atoms with E-state index in [1.807, 2.05) is 0 Å². The molecule has 0 heterocycles. The van der Waals surface area contributed by atoms with Crippen molar-refractivity contribution in [1.82, 2.24) is 0 Å². The number of likely N-dealkylation sites (N-methyl/N-ethyl adjacent to an activating group) is 1. The summed E-state index contributed by atoms with van der Waals surface area (Å²) in [4.78, 5) is 2.35. The van der Waals surface area contributed by atoms with Crippen molar-refractivity contribution in [3.8, 4) is 0 Å². The summed E-state index contributed by atoms with van der Waals surface area (Å²) in [6.07, 6.45) is 2.07. The number of hydrogen-bond donors (Lipinski definition) is 1. The Balaban J connectivity index is 1.95. The van der Waals surface area contributed by atoms with Crippen molar-refractivity contribution in [2.75, 3.05) is 18.5 Å². The van der Waals surface area contributed by atoms with Crippen LogP contribution in [0, 0.1) is 0 Å². The van der Waals surface area contributed by atoms with Gasteiger partial charge in [0.25, 0.3) is 0 Å². The van der Waals surface area contributed by atoms with Crippen molar-refractivity contribution in [2.45, 2.75) is 18.4 Å². The molecule has 2 N–H and O–H groups in total. The summed E-state index contributed by atoms with van der Waals surface area (Å²) in [6, 6.07) is 19.2. The summed E-state index contributed by atoms with van der Waals surface area (Å²) in [7, 11) is 2.16. The fourth-order valence-electron chi connectivity index (χ4n) is 3.12. The standard InChI is InChI=1S/C17H20N2/c1-19(16-9-3-2-4-10-16)17(13-18)11-14-7-5-6-8-15(14)12-17/h2-10H,11-13,18H2,1H3. The highest BCUT2D eigenvalue weighted by atomic mass is 15.2. The second-order valence-corrected chi connectivity index (χ2v) is 5.45. The zero-order chi connectivity index (χ0) is 13.3. The van der Waals surface area contributed by atoms with Gasteiger partial charge in [-0.3, -0.25) is 0 Å². The van der Waals surface area contributed by atoms with E-state index in [-0.39, 0.29) is 5.54 Å². The van der Waals surface area contributed by atoms with Gasteiger partial charge in [-0.25, -0.2) is 0 Å². The fraction of sp³-hybridized carbons (Fsp3) is 0.294. The first-order valence-electron chi connectivity index (χ1n) is 6.81. The first-order valence-corrected chi connectivity index (χ1v) is 6.81. The second kappa shape index (κ2) is 4.71. The quantitative estimate of drug-likeness (QED) is 0.910. The lowest BCUT2D eigenvalue weighted by molar-refractivity contribution is 0.434. The van der Waals surface area contributed by atoms with Gasteiger partial charge in [0.1, 0.15) is 0 Å². The molecule has 2 nitrogen and oxygen atoms in total. The van der Waals surface area contributed by atoms with E-state index >= 15 is 0 Å².